The summed E-state index contributed by atoms with van der Waals surface area (Å²) in [5.74, 6) is 0.670. The van der Waals surface area contributed by atoms with Gasteiger partial charge in [-0.05, 0) is 177 Å². The predicted molar refractivity (Wildman–Crippen MR) is 303 cm³/mol. The van der Waals surface area contributed by atoms with E-state index in [1.807, 2.05) is 6.26 Å². The van der Waals surface area contributed by atoms with Crippen molar-refractivity contribution >= 4 is 73.5 Å². The van der Waals surface area contributed by atoms with Gasteiger partial charge in [0.15, 0.2) is 0 Å². The van der Waals surface area contributed by atoms with Crippen molar-refractivity contribution in [3.63, 3.8) is 0 Å². The topological polar surface area (TPSA) is 32.8 Å². The number of rotatable bonds is 6. The first kappa shape index (κ1) is 44.4. The highest BCUT2D eigenvalue weighted by Gasteiger charge is 2.46. The number of furan rings is 2. The fourth-order valence-corrected chi connectivity index (χ4v) is 12.6. The molecule has 2 unspecified atom stereocenters. The van der Waals surface area contributed by atoms with E-state index in [-0.39, 0.29) is 23.5 Å². The molecule has 0 radical (unpaired) electrons. The third kappa shape index (κ3) is 7.26. The van der Waals surface area contributed by atoms with Crippen molar-refractivity contribution in [3.05, 3.63) is 216 Å². The molecule has 0 spiro atoms. The zero-order valence-corrected chi connectivity index (χ0v) is 42.6. The van der Waals surface area contributed by atoms with Gasteiger partial charge in [-0.1, -0.05) is 145 Å². The molecule has 2 atom stereocenters. The fraction of sp³-hybridized carbons (Fsp3) is 0.224. The van der Waals surface area contributed by atoms with E-state index in [0.29, 0.717) is 5.92 Å². The molecule has 0 saturated heterocycles. The maximum Gasteiger partial charge on any atom is 0.252 e. The van der Waals surface area contributed by atoms with Gasteiger partial charge in [0, 0.05) is 50.7 Å². The van der Waals surface area contributed by atoms with Crippen LogP contribution in [0.2, 0.25) is 0 Å². The van der Waals surface area contributed by atoms with Crippen LogP contribution >= 0.6 is 0 Å². The minimum absolute atomic E-state index is 0.00322. The summed E-state index contributed by atoms with van der Waals surface area (Å²) in [4.78, 5) is 5.32. The highest BCUT2D eigenvalue weighted by Crippen LogP contribution is 2.50. The van der Waals surface area contributed by atoms with E-state index < -0.39 is 0 Å². The molecule has 354 valence electrons. The molecule has 4 aliphatic rings. The van der Waals surface area contributed by atoms with E-state index in [0.717, 1.165) is 59.0 Å². The molecule has 13 rings (SSSR count). The number of aryl methyl sites for hydroxylation is 1. The van der Waals surface area contributed by atoms with Crippen LogP contribution in [0.5, 0.6) is 0 Å². The Balaban J connectivity index is 1.09. The van der Waals surface area contributed by atoms with Gasteiger partial charge in [-0.2, -0.15) is 0 Å². The number of hydrogen-bond acceptors (Lipinski definition) is 4. The van der Waals surface area contributed by atoms with Crippen molar-refractivity contribution in [2.75, 3.05) is 9.80 Å². The van der Waals surface area contributed by atoms with Gasteiger partial charge in [0.1, 0.15) is 11.2 Å². The second-order valence-electron chi connectivity index (χ2n) is 22.8. The Hall–Kier alpha value is -7.50. The number of nitrogens with zero attached hydrogens (tertiary/aromatic N) is 2. The largest absolute Gasteiger partial charge is 0.464 e. The van der Waals surface area contributed by atoms with Crippen LogP contribution in [0.3, 0.4) is 0 Å². The Kier molecular flexibility index (Phi) is 10.4. The van der Waals surface area contributed by atoms with E-state index in [2.05, 4.69) is 228 Å². The second kappa shape index (κ2) is 16.8. The lowest BCUT2D eigenvalue weighted by atomic mass is 9.33. The Morgan fingerprint density at radius 1 is 0.556 bits per heavy atom. The van der Waals surface area contributed by atoms with Crippen LogP contribution in [0.4, 0.5) is 28.4 Å². The van der Waals surface area contributed by atoms with Gasteiger partial charge in [-0.25, -0.2) is 0 Å². The SMILES string of the molecule is Cc1cc2c3c(c1)N(c1ccc(-c4cccc5occc45)cc1-c1ccccc1)c1ccc(C(C)(C)C)cc1B3c1cc(C(C)(C)C)ccc1N2C1=C(C2CC=CCC2)CC(c2cccc3occc23)C=C1. The van der Waals surface area contributed by atoms with E-state index >= 15 is 0 Å². The predicted octanol–water partition coefficient (Wildman–Crippen LogP) is 16.5. The van der Waals surface area contributed by atoms with E-state index in [1.165, 1.54) is 83.6 Å². The Labute approximate surface area is 425 Å². The van der Waals surface area contributed by atoms with Crippen molar-refractivity contribution in [2.24, 2.45) is 5.92 Å². The average Bonchev–Trinajstić information content (AvgIpc) is 4.09. The van der Waals surface area contributed by atoms with Crippen LogP contribution in [0, 0.1) is 12.8 Å². The lowest BCUT2D eigenvalue weighted by Gasteiger charge is -2.46. The van der Waals surface area contributed by atoms with Gasteiger partial charge in [-0.3, -0.25) is 0 Å². The van der Waals surface area contributed by atoms with E-state index in [9.17, 15) is 0 Å². The first-order valence-corrected chi connectivity index (χ1v) is 26.1. The smallest absolute Gasteiger partial charge is 0.252 e. The molecule has 7 aromatic carbocycles. The normalized spacial score (nSPS) is 17.5. The summed E-state index contributed by atoms with van der Waals surface area (Å²) in [6, 6.07) is 55.0. The standard InChI is InChI=1S/C67H61BN2O2/c1-42-36-61-65-62(37-42)70(58-29-25-46(39-54(58)44-18-12-9-13-19-44)50-21-15-23-64-52(50)33-35-72-64)60-31-27-48(67(5,6)7)41-56(60)68(65)55-40-47(66(2,3)4)26-30-59(55)69(61)57-28-24-45(38-53(57)43-16-10-8-11-17-43)49-20-14-22-63-51(49)32-34-71-63/h8-12,14-17,20-38,40-41,44,46H,13,18-19,39H2,1-7H3. The molecule has 2 aliphatic carbocycles. The molecule has 0 N–H and O–H groups in total. The first-order valence-electron chi connectivity index (χ1n) is 26.1. The van der Waals surface area contributed by atoms with Crippen molar-refractivity contribution in [1.29, 1.82) is 0 Å². The molecule has 0 fully saturated rings. The van der Waals surface area contributed by atoms with Crippen molar-refractivity contribution in [3.8, 4) is 22.3 Å². The highest BCUT2D eigenvalue weighted by molar-refractivity contribution is 7.00. The molecule has 5 heteroatoms. The zero-order chi connectivity index (χ0) is 49.0. The van der Waals surface area contributed by atoms with Crippen LogP contribution in [0.25, 0.3) is 44.2 Å². The summed E-state index contributed by atoms with van der Waals surface area (Å²) in [5.41, 5.74) is 24.8. The van der Waals surface area contributed by atoms with Crippen LogP contribution < -0.4 is 26.2 Å². The first-order chi connectivity index (χ1) is 34.9. The Bertz CT molecular complexity index is 3720. The number of anilines is 5. The quantitative estimate of drug-likeness (QED) is 0.123. The van der Waals surface area contributed by atoms with Gasteiger partial charge in [0.25, 0.3) is 6.71 Å². The molecule has 4 nitrogen and oxygen atoms in total. The van der Waals surface area contributed by atoms with Crippen LogP contribution in [-0.2, 0) is 10.8 Å². The highest BCUT2D eigenvalue weighted by atomic mass is 16.3. The average molecular weight is 937 g/mol. The number of allylic oxidation sites excluding steroid dienone is 5. The number of fused-ring (bicyclic) bond motifs is 6. The molecule has 0 amide bonds. The van der Waals surface area contributed by atoms with Crippen molar-refractivity contribution < 1.29 is 8.83 Å². The van der Waals surface area contributed by atoms with Crippen LogP contribution in [0.1, 0.15) is 95.4 Å². The fourth-order valence-electron chi connectivity index (χ4n) is 12.6. The zero-order valence-electron chi connectivity index (χ0n) is 42.6. The van der Waals surface area contributed by atoms with E-state index in [4.69, 9.17) is 8.83 Å². The molecular formula is C67H61BN2O2. The van der Waals surface area contributed by atoms with Crippen molar-refractivity contribution in [1.82, 2.24) is 0 Å². The lowest BCUT2D eigenvalue weighted by Crippen LogP contribution is -2.62. The molecule has 2 aromatic heterocycles. The summed E-state index contributed by atoms with van der Waals surface area (Å²) in [5, 5.41) is 2.33. The second-order valence-corrected chi connectivity index (χ2v) is 22.8. The lowest BCUT2D eigenvalue weighted by molar-refractivity contribution is 0.518. The van der Waals surface area contributed by atoms with Crippen molar-refractivity contribution in [2.45, 2.75) is 90.9 Å². The van der Waals surface area contributed by atoms with Crippen LogP contribution in [-0.4, -0.2) is 6.71 Å². The third-order valence-electron chi connectivity index (χ3n) is 16.3. The minimum Gasteiger partial charge on any atom is -0.464 e. The monoisotopic (exact) mass is 936 g/mol. The molecular weight excluding hydrogens is 876 g/mol. The maximum absolute atomic E-state index is 5.97. The summed E-state index contributed by atoms with van der Waals surface area (Å²) in [6.45, 7) is 16.4. The number of hydrogen-bond donors (Lipinski definition) is 0. The van der Waals surface area contributed by atoms with Crippen LogP contribution in [0.15, 0.2) is 203 Å². The molecule has 0 saturated carbocycles. The molecule has 72 heavy (non-hydrogen) atoms. The Morgan fingerprint density at radius 2 is 1.21 bits per heavy atom. The van der Waals surface area contributed by atoms with Gasteiger partial charge >= 0.3 is 0 Å². The van der Waals surface area contributed by atoms with E-state index in [1.54, 1.807) is 11.8 Å². The van der Waals surface area contributed by atoms with Gasteiger partial charge < -0.3 is 18.6 Å². The molecule has 2 aliphatic heterocycles. The summed E-state index contributed by atoms with van der Waals surface area (Å²) in [6.07, 6.45) is 17.7. The van der Waals surface area contributed by atoms with Gasteiger partial charge in [0.05, 0.1) is 18.2 Å². The molecule has 9 aromatic rings. The number of benzene rings is 7. The summed E-state index contributed by atoms with van der Waals surface area (Å²) in [7, 11) is 0. The van der Waals surface area contributed by atoms with Gasteiger partial charge in [0.2, 0.25) is 0 Å². The molecule has 0 bridgehead atoms. The maximum atomic E-state index is 5.97. The minimum atomic E-state index is -0.0592. The Morgan fingerprint density at radius 3 is 1.90 bits per heavy atom. The van der Waals surface area contributed by atoms with Gasteiger partial charge in [-0.15, -0.1) is 0 Å². The summed E-state index contributed by atoms with van der Waals surface area (Å²) >= 11 is 0. The molecule has 4 heterocycles. The third-order valence-corrected chi connectivity index (χ3v) is 16.3. The summed E-state index contributed by atoms with van der Waals surface area (Å²) < 4.78 is 11.9.